The zero-order valence-corrected chi connectivity index (χ0v) is 9.56. The molecule has 0 aromatic carbocycles. The normalized spacial score (nSPS) is 9.71. The number of nitrogens with zero attached hydrogens (tertiary/aromatic N) is 2. The first-order valence-electron chi connectivity index (χ1n) is 5.21. The zero-order chi connectivity index (χ0) is 12.7. The van der Waals surface area contributed by atoms with Crippen LogP contribution in [0.15, 0.2) is 12.1 Å². The van der Waals surface area contributed by atoms with E-state index in [1.165, 1.54) is 7.05 Å². The van der Waals surface area contributed by atoms with Gasteiger partial charge in [-0.1, -0.05) is 0 Å². The smallest absolute Gasteiger partial charge is 0.271 e. The number of nitrogens with two attached hydrogens (primary N) is 1. The molecule has 4 N–H and O–H groups in total. The third-order valence-corrected chi connectivity index (χ3v) is 2.03. The summed E-state index contributed by atoms with van der Waals surface area (Å²) < 4.78 is 0. The fraction of sp³-hybridized carbons (Fsp3) is 0.400. The molecule has 7 heteroatoms. The van der Waals surface area contributed by atoms with E-state index in [0.29, 0.717) is 25.2 Å². The fourth-order valence-electron chi connectivity index (χ4n) is 1.15. The molecule has 0 unspecified atom stereocenters. The summed E-state index contributed by atoms with van der Waals surface area (Å²) in [6.45, 7) is 0.580. The summed E-state index contributed by atoms with van der Waals surface area (Å²) in [5.74, 6) is -0.0484. The number of primary amides is 1. The minimum Gasteiger partial charge on any atom is -0.370 e. The molecule has 1 rings (SSSR count). The van der Waals surface area contributed by atoms with Crippen LogP contribution in [-0.2, 0) is 4.79 Å². The molecular formula is C10H15N5O2. The Morgan fingerprint density at radius 1 is 1.35 bits per heavy atom. The van der Waals surface area contributed by atoms with Crippen molar-refractivity contribution >= 4 is 17.6 Å². The Labute approximate surface area is 98.8 Å². The lowest BCUT2D eigenvalue weighted by atomic mass is 10.3. The largest absolute Gasteiger partial charge is 0.370 e. The van der Waals surface area contributed by atoms with Crippen molar-refractivity contribution in [1.82, 2.24) is 15.5 Å². The molecule has 0 aliphatic heterocycles. The molecule has 0 aliphatic rings. The molecule has 0 fully saturated rings. The third-order valence-electron chi connectivity index (χ3n) is 2.03. The second kappa shape index (κ2) is 6.41. The first-order chi connectivity index (χ1) is 8.13. The Morgan fingerprint density at radius 3 is 2.65 bits per heavy atom. The van der Waals surface area contributed by atoms with Gasteiger partial charge in [0.15, 0.2) is 5.69 Å². The van der Waals surface area contributed by atoms with Crippen LogP contribution in [0, 0.1) is 0 Å². The van der Waals surface area contributed by atoms with Crippen LogP contribution in [0.2, 0.25) is 0 Å². The molecule has 0 bridgehead atoms. The summed E-state index contributed by atoms with van der Waals surface area (Å²) >= 11 is 0. The number of rotatable bonds is 6. The van der Waals surface area contributed by atoms with Crippen LogP contribution in [0.4, 0.5) is 5.82 Å². The zero-order valence-electron chi connectivity index (χ0n) is 9.56. The topological polar surface area (TPSA) is 110 Å². The number of hydrogen-bond acceptors (Lipinski definition) is 5. The van der Waals surface area contributed by atoms with E-state index in [-0.39, 0.29) is 17.5 Å². The Balaban J connectivity index is 2.40. The van der Waals surface area contributed by atoms with E-state index in [2.05, 4.69) is 20.8 Å². The van der Waals surface area contributed by atoms with Crippen LogP contribution in [0.3, 0.4) is 0 Å². The van der Waals surface area contributed by atoms with Crippen molar-refractivity contribution in [1.29, 1.82) is 0 Å². The van der Waals surface area contributed by atoms with Crippen molar-refractivity contribution in [3.8, 4) is 0 Å². The highest BCUT2D eigenvalue weighted by molar-refractivity contribution is 5.91. The van der Waals surface area contributed by atoms with Gasteiger partial charge in [0.1, 0.15) is 5.82 Å². The Kier molecular flexibility index (Phi) is 4.86. The summed E-state index contributed by atoms with van der Waals surface area (Å²) in [5, 5.41) is 13.0. The van der Waals surface area contributed by atoms with Gasteiger partial charge in [0.2, 0.25) is 5.91 Å². The standard InChI is InChI=1S/C10H15N5O2/c1-12-10(17)7-4-5-9(15-14-7)13-6-2-3-8(11)16/h4-5H,2-3,6H2,1H3,(H2,11,16)(H,12,17)(H,13,15). The summed E-state index contributed by atoms with van der Waals surface area (Å²) in [5.41, 5.74) is 5.26. The van der Waals surface area contributed by atoms with Gasteiger partial charge in [0, 0.05) is 20.0 Å². The highest BCUT2D eigenvalue weighted by Gasteiger charge is 2.04. The van der Waals surface area contributed by atoms with Crippen molar-refractivity contribution in [3.63, 3.8) is 0 Å². The average Bonchev–Trinajstić information content (AvgIpc) is 2.34. The predicted molar refractivity (Wildman–Crippen MR) is 62.3 cm³/mol. The maximum Gasteiger partial charge on any atom is 0.271 e. The lowest BCUT2D eigenvalue weighted by molar-refractivity contribution is -0.118. The maximum atomic E-state index is 11.2. The molecule has 0 spiro atoms. The number of anilines is 1. The molecule has 7 nitrogen and oxygen atoms in total. The van der Waals surface area contributed by atoms with Crippen LogP contribution in [0.25, 0.3) is 0 Å². The monoisotopic (exact) mass is 237 g/mol. The predicted octanol–water partition coefficient (Wildman–Crippen LogP) is -0.486. The van der Waals surface area contributed by atoms with E-state index in [4.69, 9.17) is 5.73 Å². The van der Waals surface area contributed by atoms with Gasteiger partial charge in [-0.25, -0.2) is 0 Å². The van der Waals surface area contributed by atoms with Gasteiger partial charge in [-0.05, 0) is 18.6 Å². The van der Waals surface area contributed by atoms with E-state index in [1.54, 1.807) is 12.1 Å². The van der Waals surface area contributed by atoms with Crippen LogP contribution in [0.1, 0.15) is 23.3 Å². The molecular weight excluding hydrogens is 222 g/mol. The molecule has 1 aromatic rings. The lowest BCUT2D eigenvalue weighted by Gasteiger charge is -2.04. The van der Waals surface area contributed by atoms with Gasteiger partial charge < -0.3 is 16.4 Å². The third kappa shape index (κ3) is 4.45. The lowest BCUT2D eigenvalue weighted by Crippen LogP contribution is -2.20. The summed E-state index contributed by atoms with van der Waals surface area (Å²) in [7, 11) is 1.53. The van der Waals surface area contributed by atoms with Gasteiger partial charge >= 0.3 is 0 Å². The van der Waals surface area contributed by atoms with E-state index in [0.717, 1.165) is 0 Å². The number of aromatic nitrogens is 2. The average molecular weight is 237 g/mol. The van der Waals surface area contributed by atoms with Crippen molar-refractivity contribution in [2.24, 2.45) is 5.73 Å². The summed E-state index contributed by atoms with van der Waals surface area (Å²) in [4.78, 5) is 21.7. The Hall–Kier alpha value is -2.18. The van der Waals surface area contributed by atoms with Gasteiger partial charge in [0.25, 0.3) is 5.91 Å². The van der Waals surface area contributed by atoms with Gasteiger partial charge in [-0.2, -0.15) is 0 Å². The molecule has 0 saturated heterocycles. The van der Waals surface area contributed by atoms with Gasteiger partial charge in [-0.3, -0.25) is 9.59 Å². The quantitative estimate of drug-likeness (QED) is 0.578. The molecule has 17 heavy (non-hydrogen) atoms. The van der Waals surface area contributed by atoms with E-state index < -0.39 is 0 Å². The van der Waals surface area contributed by atoms with Crippen LogP contribution < -0.4 is 16.4 Å². The highest BCUT2D eigenvalue weighted by Crippen LogP contribution is 2.02. The molecule has 0 saturated carbocycles. The van der Waals surface area contributed by atoms with Gasteiger partial charge in [-0.15, -0.1) is 10.2 Å². The SMILES string of the molecule is CNC(=O)c1ccc(NCCCC(N)=O)nn1. The van der Waals surface area contributed by atoms with Crippen LogP contribution in [-0.4, -0.2) is 35.6 Å². The van der Waals surface area contributed by atoms with Crippen LogP contribution >= 0.6 is 0 Å². The minimum atomic E-state index is -0.326. The second-order valence-corrected chi connectivity index (χ2v) is 3.38. The molecule has 0 aliphatic carbocycles. The van der Waals surface area contributed by atoms with E-state index in [9.17, 15) is 9.59 Å². The fourth-order valence-corrected chi connectivity index (χ4v) is 1.15. The van der Waals surface area contributed by atoms with E-state index in [1.807, 2.05) is 0 Å². The van der Waals surface area contributed by atoms with Gasteiger partial charge in [0.05, 0.1) is 0 Å². The summed E-state index contributed by atoms with van der Waals surface area (Å²) in [6.07, 6.45) is 0.963. The Morgan fingerprint density at radius 2 is 2.12 bits per heavy atom. The van der Waals surface area contributed by atoms with Crippen molar-refractivity contribution in [2.75, 3.05) is 18.9 Å². The molecule has 1 aromatic heterocycles. The van der Waals surface area contributed by atoms with Crippen molar-refractivity contribution in [3.05, 3.63) is 17.8 Å². The summed E-state index contributed by atoms with van der Waals surface area (Å²) in [6, 6.07) is 3.23. The first kappa shape index (κ1) is 12.9. The minimum absolute atomic E-state index is 0.259. The Bertz CT molecular complexity index is 390. The maximum absolute atomic E-state index is 11.2. The highest BCUT2D eigenvalue weighted by atomic mass is 16.2. The second-order valence-electron chi connectivity index (χ2n) is 3.38. The number of carbonyl (C=O) groups excluding carboxylic acids is 2. The molecule has 2 amide bonds. The number of carbonyl (C=O) groups is 2. The first-order valence-corrected chi connectivity index (χ1v) is 5.21. The van der Waals surface area contributed by atoms with Crippen LogP contribution in [0.5, 0.6) is 0 Å². The molecule has 0 radical (unpaired) electrons. The number of nitrogens with one attached hydrogen (secondary N) is 2. The molecule has 92 valence electrons. The molecule has 1 heterocycles. The van der Waals surface area contributed by atoms with Crippen molar-refractivity contribution in [2.45, 2.75) is 12.8 Å². The molecule has 0 atom stereocenters. The van der Waals surface area contributed by atoms with E-state index >= 15 is 0 Å². The number of hydrogen-bond donors (Lipinski definition) is 3. The van der Waals surface area contributed by atoms with Crippen molar-refractivity contribution < 1.29 is 9.59 Å². The number of amides is 2.